The molecule has 0 spiro atoms. The molecule has 0 aromatic heterocycles. The first-order chi connectivity index (χ1) is 10.3. The molecule has 0 heterocycles. The largest absolute Gasteiger partial charge is 0.351 e. The van der Waals surface area contributed by atoms with Crippen molar-refractivity contribution in [2.45, 2.75) is 40.2 Å². The van der Waals surface area contributed by atoms with Gasteiger partial charge in [0, 0.05) is 25.2 Å². The van der Waals surface area contributed by atoms with Crippen molar-refractivity contribution in [1.82, 2.24) is 10.2 Å². The van der Waals surface area contributed by atoms with Gasteiger partial charge in [0.05, 0.1) is 0 Å². The van der Waals surface area contributed by atoms with Gasteiger partial charge in [-0.2, -0.15) is 0 Å². The monoisotopic (exact) mass is 324 g/mol. The summed E-state index contributed by atoms with van der Waals surface area (Å²) < 4.78 is 0. The Balaban J connectivity index is 2.66. The van der Waals surface area contributed by atoms with Gasteiger partial charge in [0.25, 0.3) is 0 Å². The fraction of sp³-hybridized carbons (Fsp3) is 0.529. The summed E-state index contributed by atoms with van der Waals surface area (Å²) in [6, 6.07) is 7.33. The first-order valence-electron chi connectivity index (χ1n) is 7.58. The SMILES string of the molecule is CCCCN(C)C(=O)C(C)(C)C(=O)NCc1ccccc1Cl. The second-order valence-corrected chi connectivity index (χ2v) is 6.39. The third kappa shape index (κ3) is 4.73. The molecule has 0 aliphatic carbocycles. The number of benzene rings is 1. The second kappa shape index (κ2) is 8.18. The molecule has 1 aromatic carbocycles. The summed E-state index contributed by atoms with van der Waals surface area (Å²) in [5, 5.41) is 3.40. The highest BCUT2D eigenvalue weighted by molar-refractivity contribution is 6.31. The Morgan fingerprint density at radius 2 is 1.91 bits per heavy atom. The van der Waals surface area contributed by atoms with Crippen molar-refractivity contribution in [3.63, 3.8) is 0 Å². The van der Waals surface area contributed by atoms with Crippen LogP contribution in [0.3, 0.4) is 0 Å². The van der Waals surface area contributed by atoms with Crippen LogP contribution in [0.15, 0.2) is 24.3 Å². The van der Waals surface area contributed by atoms with Gasteiger partial charge in [0.15, 0.2) is 0 Å². The van der Waals surface area contributed by atoms with E-state index in [2.05, 4.69) is 12.2 Å². The molecule has 1 aromatic rings. The molecule has 0 fully saturated rings. The summed E-state index contributed by atoms with van der Waals surface area (Å²) in [5.41, 5.74) is -0.260. The molecule has 22 heavy (non-hydrogen) atoms. The van der Waals surface area contributed by atoms with Crippen LogP contribution in [-0.4, -0.2) is 30.3 Å². The van der Waals surface area contributed by atoms with E-state index in [1.807, 2.05) is 18.2 Å². The Morgan fingerprint density at radius 1 is 1.27 bits per heavy atom. The summed E-state index contributed by atoms with van der Waals surface area (Å²) >= 11 is 6.07. The Morgan fingerprint density at radius 3 is 2.50 bits per heavy atom. The highest BCUT2D eigenvalue weighted by Gasteiger charge is 2.37. The highest BCUT2D eigenvalue weighted by atomic mass is 35.5. The van der Waals surface area contributed by atoms with E-state index in [4.69, 9.17) is 11.6 Å². The number of hydrogen-bond acceptors (Lipinski definition) is 2. The van der Waals surface area contributed by atoms with Crippen molar-refractivity contribution in [2.75, 3.05) is 13.6 Å². The lowest BCUT2D eigenvalue weighted by Crippen LogP contribution is -2.48. The van der Waals surface area contributed by atoms with Gasteiger partial charge in [-0.25, -0.2) is 0 Å². The maximum Gasteiger partial charge on any atom is 0.237 e. The molecule has 0 unspecified atom stereocenters. The molecule has 0 saturated carbocycles. The Hall–Kier alpha value is -1.55. The van der Waals surface area contributed by atoms with Crippen LogP contribution >= 0.6 is 11.6 Å². The molecule has 5 heteroatoms. The van der Waals surface area contributed by atoms with E-state index in [-0.39, 0.29) is 11.8 Å². The summed E-state index contributed by atoms with van der Waals surface area (Å²) in [7, 11) is 1.74. The van der Waals surface area contributed by atoms with Gasteiger partial charge in [-0.15, -0.1) is 0 Å². The fourth-order valence-electron chi connectivity index (χ4n) is 2.11. The lowest BCUT2D eigenvalue weighted by molar-refractivity contribution is -0.147. The third-order valence-corrected chi connectivity index (χ3v) is 4.06. The van der Waals surface area contributed by atoms with Crippen LogP contribution in [0.5, 0.6) is 0 Å². The van der Waals surface area contributed by atoms with Crippen LogP contribution in [0.4, 0.5) is 0 Å². The minimum absolute atomic E-state index is 0.169. The van der Waals surface area contributed by atoms with E-state index >= 15 is 0 Å². The van der Waals surface area contributed by atoms with E-state index in [0.717, 1.165) is 18.4 Å². The Kier molecular flexibility index (Phi) is 6.88. The number of halogens is 1. The maximum atomic E-state index is 12.4. The highest BCUT2D eigenvalue weighted by Crippen LogP contribution is 2.20. The predicted molar refractivity (Wildman–Crippen MR) is 89.6 cm³/mol. The van der Waals surface area contributed by atoms with E-state index in [1.54, 1.807) is 31.9 Å². The van der Waals surface area contributed by atoms with Crippen molar-refractivity contribution in [2.24, 2.45) is 5.41 Å². The number of hydrogen-bond donors (Lipinski definition) is 1. The maximum absolute atomic E-state index is 12.4. The van der Waals surface area contributed by atoms with E-state index in [9.17, 15) is 9.59 Å². The molecule has 1 N–H and O–H groups in total. The smallest absolute Gasteiger partial charge is 0.237 e. The lowest BCUT2D eigenvalue weighted by atomic mass is 9.90. The van der Waals surface area contributed by atoms with Crippen LogP contribution in [-0.2, 0) is 16.1 Å². The zero-order valence-corrected chi connectivity index (χ0v) is 14.5. The van der Waals surface area contributed by atoms with Crippen molar-refractivity contribution >= 4 is 23.4 Å². The lowest BCUT2D eigenvalue weighted by Gasteiger charge is -2.28. The molecular weight excluding hydrogens is 300 g/mol. The van der Waals surface area contributed by atoms with Crippen molar-refractivity contribution < 1.29 is 9.59 Å². The average molecular weight is 325 g/mol. The molecule has 122 valence electrons. The van der Waals surface area contributed by atoms with Gasteiger partial charge in [-0.1, -0.05) is 43.1 Å². The Bertz CT molecular complexity index is 529. The standard InChI is InChI=1S/C17H25ClN2O2/c1-5-6-11-20(4)16(22)17(2,3)15(21)19-12-13-9-7-8-10-14(13)18/h7-10H,5-6,11-12H2,1-4H3,(H,19,21). The van der Waals surface area contributed by atoms with E-state index < -0.39 is 5.41 Å². The molecular formula is C17H25ClN2O2. The molecule has 2 amide bonds. The van der Waals surface area contributed by atoms with Gasteiger partial charge in [0.2, 0.25) is 11.8 Å². The Labute approximate surface area is 137 Å². The van der Waals surface area contributed by atoms with Crippen LogP contribution in [0, 0.1) is 5.41 Å². The minimum Gasteiger partial charge on any atom is -0.351 e. The summed E-state index contributed by atoms with van der Waals surface area (Å²) in [6.45, 7) is 6.35. The van der Waals surface area contributed by atoms with Gasteiger partial charge < -0.3 is 10.2 Å². The van der Waals surface area contributed by atoms with Gasteiger partial charge in [-0.3, -0.25) is 9.59 Å². The quantitative estimate of drug-likeness (QED) is 0.783. The first kappa shape index (κ1) is 18.5. The van der Waals surface area contributed by atoms with Gasteiger partial charge in [-0.05, 0) is 31.9 Å². The number of amides is 2. The van der Waals surface area contributed by atoms with Gasteiger partial charge >= 0.3 is 0 Å². The van der Waals surface area contributed by atoms with Crippen LogP contribution < -0.4 is 5.32 Å². The van der Waals surface area contributed by atoms with Crippen LogP contribution in [0.25, 0.3) is 0 Å². The van der Waals surface area contributed by atoms with Gasteiger partial charge in [0.1, 0.15) is 5.41 Å². The summed E-state index contributed by atoms with van der Waals surface area (Å²) in [5.74, 6) is -0.460. The second-order valence-electron chi connectivity index (χ2n) is 5.98. The first-order valence-corrected chi connectivity index (χ1v) is 7.95. The molecule has 0 saturated heterocycles. The van der Waals surface area contributed by atoms with E-state index in [0.29, 0.717) is 18.1 Å². The number of nitrogens with one attached hydrogen (secondary N) is 1. The van der Waals surface area contributed by atoms with Crippen molar-refractivity contribution in [3.8, 4) is 0 Å². The van der Waals surface area contributed by atoms with Crippen LogP contribution in [0.2, 0.25) is 5.02 Å². The number of nitrogens with zero attached hydrogens (tertiary/aromatic N) is 1. The molecule has 4 nitrogen and oxygen atoms in total. The average Bonchev–Trinajstić information content (AvgIpc) is 2.50. The normalized spacial score (nSPS) is 11.1. The topological polar surface area (TPSA) is 49.4 Å². The number of unbranched alkanes of at least 4 members (excludes halogenated alkanes) is 1. The number of carbonyl (C=O) groups is 2. The van der Waals surface area contributed by atoms with Crippen LogP contribution in [0.1, 0.15) is 39.2 Å². The van der Waals surface area contributed by atoms with Crippen molar-refractivity contribution in [1.29, 1.82) is 0 Å². The summed E-state index contributed by atoms with van der Waals surface area (Å²) in [4.78, 5) is 26.4. The molecule has 0 aliphatic heterocycles. The molecule has 0 aliphatic rings. The fourth-order valence-corrected chi connectivity index (χ4v) is 2.31. The molecule has 0 radical (unpaired) electrons. The van der Waals surface area contributed by atoms with E-state index in [1.165, 1.54) is 0 Å². The van der Waals surface area contributed by atoms with Crippen molar-refractivity contribution in [3.05, 3.63) is 34.9 Å². The summed E-state index contributed by atoms with van der Waals surface area (Å²) in [6.07, 6.45) is 1.94. The predicted octanol–water partition coefficient (Wildman–Crippen LogP) is 3.24. The number of rotatable bonds is 7. The minimum atomic E-state index is -1.09. The number of carbonyl (C=O) groups excluding carboxylic acids is 2. The zero-order valence-electron chi connectivity index (χ0n) is 13.8. The molecule has 0 bridgehead atoms. The third-order valence-electron chi connectivity index (χ3n) is 3.69. The molecule has 0 atom stereocenters. The zero-order chi connectivity index (χ0) is 16.8. The molecule has 1 rings (SSSR count).